The Morgan fingerprint density at radius 1 is 1.21 bits per heavy atom. The number of fused-ring (bicyclic) bond motifs is 1. The number of aromatic nitrogens is 4. The van der Waals surface area contributed by atoms with Crippen LogP contribution in [0.25, 0.3) is 11.3 Å². The molecule has 2 fully saturated rings. The first kappa shape index (κ1) is 21.6. The van der Waals surface area contributed by atoms with E-state index >= 15 is 0 Å². The summed E-state index contributed by atoms with van der Waals surface area (Å²) in [6.45, 7) is 8.50. The van der Waals surface area contributed by atoms with Gasteiger partial charge in [-0.05, 0) is 26.7 Å². The van der Waals surface area contributed by atoms with Gasteiger partial charge in [0.1, 0.15) is 5.82 Å². The van der Waals surface area contributed by atoms with Crippen LogP contribution in [0, 0.1) is 0 Å². The molecule has 0 aliphatic carbocycles. The van der Waals surface area contributed by atoms with Gasteiger partial charge in [-0.2, -0.15) is 4.98 Å². The van der Waals surface area contributed by atoms with E-state index in [4.69, 9.17) is 25.2 Å². The van der Waals surface area contributed by atoms with Gasteiger partial charge in [-0.3, -0.25) is 0 Å². The van der Waals surface area contributed by atoms with Crippen molar-refractivity contribution in [3.05, 3.63) is 18.0 Å². The molecule has 2 N–H and O–H groups in total. The molecule has 2 saturated heterocycles. The van der Waals surface area contributed by atoms with Crippen molar-refractivity contribution >= 4 is 23.8 Å². The fraction of sp³-hybridized carbons (Fsp3) is 0.591. The number of morpholine rings is 1. The molecule has 0 spiro atoms. The third kappa shape index (κ3) is 4.12. The van der Waals surface area contributed by atoms with Crippen molar-refractivity contribution < 1.29 is 14.3 Å². The summed E-state index contributed by atoms with van der Waals surface area (Å²) in [5, 5.41) is 0. The van der Waals surface area contributed by atoms with E-state index in [1.807, 2.05) is 6.92 Å². The molecule has 11 heteroatoms. The van der Waals surface area contributed by atoms with Crippen LogP contribution in [0.3, 0.4) is 0 Å². The first-order valence-corrected chi connectivity index (χ1v) is 11.6. The average Bonchev–Trinajstić information content (AvgIpc) is 3.47. The summed E-state index contributed by atoms with van der Waals surface area (Å²) in [6, 6.07) is 0.365. The molecule has 2 unspecified atom stereocenters. The molecule has 2 aromatic rings. The Morgan fingerprint density at radius 3 is 2.79 bits per heavy atom. The lowest BCUT2D eigenvalue weighted by atomic mass is 10.1. The molecule has 176 valence electrons. The van der Waals surface area contributed by atoms with Crippen LogP contribution in [0.1, 0.15) is 25.8 Å². The van der Waals surface area contributed by atoms with Gasteiger partial charge in [-0.1, -0.05) is 0 Å². The average molecular weight is 455 g/mol. The van der Waals surface area contributed by atoms with E-state index in [9.17, 15) is 4.79 Å². The Bertz CT molecular complexity index is 1020. The van der Waals surface area contributed by atoms with Crippen molar-refractivity contribution in [1.82, 2.24) is 24.8 Å². The van der Waals surface area contributed by atoms with Crippen LogP contribution in [0.4, 0.5) is 22.5 Å². The maximum Gasteiger partial charge on any atom is 0.409 e. The topological polar surface area (TPSA) is 123 Å². The molecule has 3 aliphatic rings. The zero-order valence-corrected chi connectivity index (χ0v) is 19.1. The number of ether oxygens (including phenoxy) is 2. The first-order chi connectivity index (χ1) is 16.0. The molecule has 0 aromatic carbocycles. The van der Waals surface area contributed by atoms with E-state index in [1.165, 1.54) is 0 Å². The summed E-state index contributed by atoms with van der Waals surface area (Å²) in [5.41, 5.74) is 8.47. The van der Waals surface area contributed by atoms with Crippen molar-refractivity contribution in [2.45, 2.75) is 38.8 Å². The second kappa shape index (κ2) is 8.97. The van der Waals surface area contributed by atoms with Gasteiger partial charge in [0, 0.05) is 55.7 Å². The number of nitrogens with zero attached hydrogens (tertiary/aromatic N) is 7. The Kier molecular flexibility index (Phi) is 5.88. The molecule has 0 saturated carbocycles. The van der Waals surface area contributed by atoms with Crippen LogP contribution < -0.4 is 15.5 Å². The molecule has 0 radical (unpaired) electrons. The highest BCUT2D eigenvalue weighted by Crippen LogP contribution is 2.38. The summed E-state index contributed by atoms with van der Waals surface area (Å²) in [6.07, 6.45) is 4.90. The largest absolute Gasteiger partial charge is 0.450 e. The monoisotopic (exact) mass is 454 g/mol. The maximum atomic E-state index is 12.2. The van der Waals surface area contributed by atoms with Crippen molar-refractivity contribution in [3.8, 4) is 11.3 Å². The number of carbonyl (C=O) groups excluding carboxylic acids is 1. The summed E-state index contributed by atoms with van der Waals surface area (Å²) >= 11 is 0. The Balaban J connectivity index is 1.51. The molecule has 11 nitrogen and oxygen atoms in total. The van der Waals surface area contributed by atoms with E-state index in [1.54, 1.807) is 17.3 Å². The van der Waals surface area contributed by atoms with Gasteiger partial charge in [0.15, 0.2) is 0 Å². The van der Waals surface area contributed by atoms with Gasteiger partial charge in [-0.25, -0.2) is 19.7 Å². The van der Waals surface area contributed by atoms with E-state index in [0.717, 1.165) is 48.6 Å². The fourth-order valence-electron chi connectivity index (χ4n) is 4.85. The molecule has 3 aliphatic heterocycles. The summed E-state index contributed by atoms with van der Waals surface area (Å²) < 4.78 is 10.8. The normalized spacial score (nSPS) is 22.5. The van der Waals surface area contributed by atoms with Crippen molar-refractivity contribution in [3.63, 3.8) is 0 Å². The summed E-state index contributed by atoms with van der Waals surface area (Å²) in [7, 11) is 0. The molecule has 33 heavy (non-hydrogen) atoms. The fourth-order valence-corrected chi connectivity index (χ4v) is 4.85. The molecule has 0 bridgehead atoms. The standard InChI is InChI=1S/C22H30N8O3/c1-3-33-22(31)28-6-4-16(12-28)30-7-5-17-18(15-10-24-20(23)25-11-15)26-21(27-19(17)30)29-8-9-32-13-14(29)2/h10-11,14,16H,3-9,12-13H2,1-2H3,(H2,23,24,25). The number of anilines is 3. The third-order valence-corrected chi connectivity index (χ3v) is 6.55. The number of likely N-dealkylation sites (tertiary alicyclic amines) is 1. The molecular weight excluding hydrogens is 424 g/mol. The molecular formula is C22H30N8O3. The first-order valence-electron chi connectivity index (χ1n) is 11.6. The highest BCUT2D eigenvalue weighted by Gasteiger charge is 2.37. The van der Waals surface area contributed by atoms with E-state index in [-0.39, 0.29) is 24.1 Å². The van der Waals surface area contributed by atoms with Gasteiger partial charge < -0.3 is 29.9 Å². The zero-order chi connectivity index (χ0) is 22.9. The van der Waals surface area contributed by atoms with Crippen molar-refractivity contribution in [2.75, 3.05) is 61.5 Å². The van der Waals surface area contributed by atoms with E-state index < -0.39 is 0 Å². The number of nitrogens with two attached hydrogens (primary N) is 1. The SMILES string of the molecule is CCOC(=O)N1CCC(N2CCc3c(-c4cnc(N)nc4)nc(N4CCOCC4C)nc32)C1. The predicted octanol–water partition coefficient (Wildman–Crippen LogP) is 1.33. The van der Waals surface area contributed by atoms with E-state index in [2.05, 4.69) is 26.7 Å². The number of amides is 1. The molecule has 5 rings (SSSR count). The quantitative estimate of drug-likeness (QED) is 0.724. The van der Waals surface area contributed by atoms with Gasteiger partial charge in [-0.15, -0.1) is 0 Å². The van der Waals surface area contributed by atoms with Crippen molar-refractivity contribution in [2.24, 2.45) is 0 Å². The van der Waals surface area contributed by atoms with Crippen LogP contribution >= 0.6 is 0 Å². The Hall–Kier alpha value is -3.21. The van der Waals surface area contributed by atoms with Crippen LogP contribution in [-0.4, -0.2) is 89.0 Å². The zero-order valence-electron chi connectivity index (χ0n) is 19.1. The highest BCUT2D eigenvalue weighted by molar-refractivity contribution is 5.73. The molecule has 1 amide bonds. The Morgan fingerprint density at radius 2 is 2.03 bits per heavy atom. The lowest BCUT2D eigenvalue weighted by Gasteiger charge is -2.34. The number of hydrogen-bond donors (Lipinski definition) is 1. The lowest BCUT2D eigenvalue weighted by molar-refractivity contribution is 0.0981. The van der Waals surface area contributed by atoms with Crippen LogP contribution in [0.2, 0.25) is 0 Å². The lowest BCUT2D eigenvalue weighted by Crippen LogP contribution is -2.45. The van der Waals surface area contributed by atoms with Gasteiger partial charge in [0.2, 0.25) is 11.9 Å². The molecule has 2 atom stereocenters. The Labute approximate surface area is 192 Å². The highest BCUT2D eigenvalue weighted by atomic mass is 16.6. The molecule has 2 aromatic heterocycles. The number of nitrogen functional groups attached to an aromatic ring is 1. The maximum absolute atomic E-state index is 12.2. The van der Waals surface area contributed by atoms with Crippen LogP contribution in [-0.2, 0) is 15.9 Å². The number of hydrogen-bond acceptors (Lipinski definition) is 10. The minimum absolute atomic E-state index is 0.174. The minimum atomic E-state index is -0.246. The van der Waals surface area contributed by atoms with Gasteiger partial charge >= 0.3 is 6.09 Å². The summed E-state index contributed by atoms with van der Waals surface area (Å²) in [4.78, 5) is 36.9. The predicted molar refractivity (Wildman–Crippen MR) is 123 cm³/mol. The second-order valence-corrected chi connectivity index (χ2v) is 8.65. The van der Waals surface area contributed by atoms with Gasteiger partial charge in [0.05, 0.1) is 31.6 Å². The van der Waals surface area contributed by atoms with Crippen molar-refractivity contribution in [1.29, 1.82) is 0 Å². The second-order valence-electron chi connectivity index (χ2n) is 8.65. The summed E-state index contributed by atoms with van der Waals surface area (Å²) in [5.74, 6) is 1.85. The van der Waals surface area contributed by atoms with Crippen LogP contribution in [0.5, 0.6) is 0 Å². The number of rotatable bonds is 4. The number of carbonyl (C=O) groups is 1. The van der Waals surface area contributed by atoms with Crippen LogP contribution in [0.15, 0.2) is 12.4 Å². The van der Waals surface area contributed by atoms with Gasteiger partial charge in [0.25, 0.3) is 0 Å². The third-order valence-electron chi connectivity index (χ3n) is 6.55. The molecule has 5 heterocycles. The smallest absolute Gasteiger partial charge is 0.409 e. The minimum Gasteiger partial charge on any atom is -0.450 e. The van der Waals surface area contributed by atoms with E-state index in [0.29, 0.717) is 38.9 Å².